The minimum atomic E-state index is -1.50. The lowest BCUT2D eigenvalue weighted by Gasteiger charge is -2.46. The fourth-order valence-electron chi connectivity index (χ4n) is 2.01. The second-order valence-electron chi connectivity index (χ2n) is 4.12. The molecule has 1 unspecified atom stereocenters. The second kappa shape index (κ2) is 8.84. The van der Waals surface area contributed by atoms with E-state index >= 15 is 0 Å². The zero-order chi connectivity index (χ0) is 14.9. The fourth-order valence-corrected chi connectivity index (χ4v) is 2.01. The van der Waals surface area contributed by atoms with Crippen LogP contribution in [-0.2, 0) is 28.4 Å². The van der Waals surface area contributed by atoms with Crippen LogP contribution in [0.15, 0.2) is 0 Å². The Morgan fingerprint density at radius 2 is 1.42 bits per heavy atom. The molecular formula is C13H28O6. The number of methoxy groups -OCH3 is 5. The van der Waals surface area contributed by atoms with E-state index in [0.29, 0.717) is 6.61 Å². The van der Waals surface area contributed by atoms with Crippen molar-refractivity contribution in [2.24, 2.45) is 0 Å². The quantitative estimate of drug-likeness (QED) is 0.425. The first-order chi connectivity index (χ1) is 9.03. The summed E-state index contributed by atoms with van der Waals surface area (Å²) in [4.78, 5) is 0. The van der Waals surface area contributed by atoms with E-state index in [1.165, 1.54) is 28.4 Å². The lowest BCUT2D eigenvalue weighted by molar-refractivity contribution is -0.495. The average Bonchev–Trinajstić information content (AvgIpc) is 2.46. The number of ether oxygens (including phenoxy) is 6. The number of rotatable bonds is 11. The van der Waals surface area contributed by atoms with Crippen LogP contribution >= 0.6 is 0 Å². The maximum Gasteiger partial charge on any atom is 0.342 e. The van der Waals surface area contributed by atoms with Gasteiger partial charge in [-0.25, -0.2) is 0 Å². The molecule has 0 rings (SSSR count). The first-order valence-electron chi connectivity index (χ1n) is 6.41. The van der Waals surface area contributed by atoms with Crippen molar-refractivity contribution < 1.29 is 28.4 Å². The molecule has 116 valence electrons. The third-order valence-electron chi connectivity index (χ3n) is 3.25. The Labute approximate surface area is 116 Å². The van der Waals surface area contributed by atoms with Gasteiger partial charge in [-0.05, 0) is 13.3 Å². The monoisotopic (exact) mass is 280 g/mol. The molecule has 0 aliphatic carbocycles. The van der Waals surface area contributed by atoms with Gasteiger partial charge in [-0.15, -0.1) is 0 Å². The van der Waals surface area contributed by atoms with E-state index in [2.05, 4.69) is 6.92 Å². The van der Waals surface area contributed by atoms with Crippen LogP contribution in [0.3, 0.4) is 0 Å². The van der Waals surface area contributed by atoms with E-state index < -0.39 is 17.9 Å². The molecule has 0 saturated heterocycles. The smallest absolute Gasteiger partial charge is 0.342 e. The highest BCUT2D eigenvalue weighted by atomic mass is 16.9. The van der Waals surface area contributed by atoms with Crippen molar-refractivity contribution in [1.82, 2.24) is 0 Å². The van der Waals surface area contributed by atoms with Gasteiger partial charge in [-0.2, -0.15) is 0 Å². The molecule has 0 aliphatic rings. The highest BCUT2D eigenvalue weighted by Crippen LogP contribution is 2.36. The van der Waals surface area contributed by atoms with Crippen molar-refractivity contribution in [3.05, 3.63) is 0 Å². The van der Waals surface area contributed by atoms with Crippen LogP contribution in [0.1, 0.15) is 26.7 Å². The summed E-state index contributed by atoms with van der Waals surface area (Å²) in [6, 6.07) is 0. The third-order valence-corrected chi connectivity index (χ3v) is 3.25. The van der Waals surface area contributed by atoms with Crippen LogP contribution in [0.25, 0.3) is 0 Å². The number of hydrogen-bond acceptors (Lipinski definition) is 6. The molecule has 0 saturated carbocycles. The van der Waals surface area contributed by atoms with Crippen LogP contribution in [-0.4, -0.2) is 60.0 Å². The SMILES string of the molecule is CCCCOC(OC)(OC)C(OC)(OC)C(C)OC. The van der Waals surface area contributed by atoms with Gasteiger partial charge in [0.2, 0.25) is 0 Å². The molecule has 0 amide bonds. The van der Waals surface area contributed by atoms with E-state index in [4.69, 9.17) is 28.4 Å². The summed E-state index contributed by atoms with van der Waals surface area (Å²) in [5.74, 6) is -2.83. The van der Waals surface area contributed by atoms with Gasteiger partial charge >= 0.3 is 5.97 Å². The van der Waals surface area contributed by atoms with Crippen LogP contribution in [0.2, 0.25) is 0 Å². The molecule has 0 bridgehead atoms. The second-order valence-corrected chi connectivity index (χ2v) is 4.12. The Bertz CT molecular complexity index is 225. The molecule has 19 heavy (non-hydrogen) atoms. The third kappa shape index (κ3) is 3.65. The van der Waals surface area contributed by atoms with Crippen molar-refractivity contribution in [3.63, 3.8) is 0 Å². The van der Waals surface area contributed by atoms with Crippen molar-refractivity contribution in [2.75, 3.05) is 42.2 Å². The first kappa shape index (κ1) is 18.8. The molecule has 0 aromatic carbocycles. The van der Waals surface area contributed by atoms with Crippen LogP contribution in [0.4, 0.5) is 0 Å². The van der Waals surface area contributed by atoms with Crippen molar-refractivity contribution in [2.45, 2.75) is 44.6 Å². The highest BCUT2D eigenvalue weighted by molar-refractivity contribution is 4.87. The van der Waals surface area contributed by atoms with Crippen LogP contribution in [0, 0.1) is 0 Å². The van der Waals surface area contributed by atoms with Crippen LogP contribution in [0.5, 0.6) is 0 Å². The van der Waals surface area contributed by atoms with Crippen molar-refractivity contribution in [1.29, 1.82) is 0 Å². The molecule has 0 aliphatic heterocycles. The zero-order valence-corrected chi connectivity index (χ0v) is 13.1. The standard InChI is InChI=1S/C13H28O6/c1-8-9-10-19-13(17-6,18-7)12(15-4,16-5)11(2)14-3/h11H,8-10H2,1-7H3. The summed E-state index contributed by atoms with van der Waals surface area (Å²) in [5.41, 5.74) is 0. The van der Waals surface area contributed by atoms with Gasteiger partial charge in [-0.3, -0.25) is 0 Å². The molecule has 0 spiro atoms. The fraction of sp³-hybridized carbons (Fsp3) is 1.00. The maximum absolute atomic E-state index is 5.76. The molecule has 0 heterocycles. The van der Waals surface area contributed by atoms with E-state index in [0.717, 1.165) is 12.8 Å². The van der Waals surface area contributed by atoms with Crippen molar-refractivity contribution >= 4 is 0 Å². The van der Waals surface area contributed by atoms with Gasteiger partial charge in [0, 0.05) is 35.5 Å². The minimum absolute atomic E-state index is 0.461. The molecule has 0 fully saturated rings. The molecule has 0 aromatic rings. The number of hydrogen-bond donors (Lipinski definition) is 0. The summed E-state index contributed by atoms with van der Waals surface area (Å²) in [5, 5.41) is 0. The summed E-state index contributed by atoms with van der Waals surface area (Å²) in [7, 11) is 7.50. The predicted octanol–water partition coefficient (Wildman–Crippen LogP) is 1.77. The minimum Gasteiger partial charge on any atom is -0.376 e. The molecular weight excluding hydrogens is 252 g/mol. The summed E-state index contributed by atoms with van der Waals surface area (Å²) in [6.45, 7) is 4.33. The zero-order valence-electron chi connectivity index (χ0n) is 13.1. The van der Waals surface area contributed by atoms with Crippen molar-refractivity contribution in [3.8, 4) is 0 Å². The van der Waals surface area contributed by atoms with E-state index in [1.807, 2.05) is 0 Å². The topological polar surface area (TPSA) is 55.4 Å². The molecule has 0 radical (unpaired) electrons. The van der Waals surface area contributed by atoms with E-state index in [-0.39, 0.29) is 0 Å². The molecule has 1 atom stereocenters. The Morgan fingerprint density at radius 1 is 0.895 bits per heavy atom. The van der Waals surface area contributed by atoms with Gasteiger partial charge in [0.25, 0.3) is 5.79 Å². The predicted molar refractivity (Wildman–Crippen MR) is 70.8 cm³/mol. The van der Waals surface area contributed by atoms with Gasteiger partial charge in [-0.1, -0.05) is 13.3 Å². The van der Waals surface area contributed by atoms with E-state index in [1.54, 1.807) is 14.0 Å². The molecule has 0 aromatic heterocycles. The highest BCUT2D eigenvalue weighted by Gasteiger charge is 2.60. The summed E-state index contributed by atoms with van der Waals surface area (Å²) >= 11 is 0. The Hall–Kier alpha value is -0.240. The van der Waals surface area contributed by atoms with E-state index in [9.17, 15) is 0 Å². The summed E-state index contributed by atoms with van der Waals surface area (Å²) in [6.07, 6.45) is 1.40. The Morgan fingerprint density at radius 3 is 1.74 bits per heavy atom. The Balaban J connectivity index is 5.36. The lowest BCUT2D eigenvalue weighted by atomic mass is 10.1. The molecule has 6 heteroatoms. The number of unbranched alkanes of at least 4 members (excludes halogenated alkanes) is 1. The normalized spacial score (nSPS) is 14.7. The Kier molecular flexibility index (Phi) is 8.73. The van der Waals surface area contributed by atoms with Gasteiger partial charge in [0.05, 0.1) is 6.61 Å². The maximum atomic E-state index is 5.76. The summed E-state index contributed by atoms with van der Waals surface area (Å²) < 4.78 is 32.9. The van der Waals surface area contributed by atoms with Gasteiger partial charge < -0.3 is 28.4 Å². The van der Waals surface area contributed by atoms with Gasteiger partial charge in [0.15, 0.2) is 0 Å². The van der Waals surface area contributed by atoms with Gasteiger partial charge in [0.1, 0.15) is 6.10 Å². The largest absolute Gasteiger partial charge is 0.376 e. The molecule has 0 N–H and O–H groups in total. The molecule has 6 nitrogen and oxygen atoms in total. The van der Waals surface area contributed by atoms with Crippen LogP contribution < -0.4 is 0 Å². The lowest BCUT2D eigenvalue weighted by Crippen LogP contribution is -2.66. The first-order valence-corrected chi connectivity index (χ1v) is 6.41. The average molecular weight is 280 g/mol.